The van der Waals surface area contributed by atoms with E-state index in [2.05, 4.69) is 20.4 Å². The van der Waals surface area contributed by atoms with E-state index in [1.807, 2.05) is 0 Å². The number of alkyl halides is 2. The lowest BCUT2D eigenvalue weighted by Gasteiger charge is -2.15. The van der Waals surface area contributed by atoms with Crippen LogP contribution in [0.5, 0.6) is 23.0 Å². The summed E-state index contributed by atoms with van der Waals surface area (Å²) >= 11 is 0. The van der Waals surface area contributed by atoms with Gasteiger partial charge in [0.05, 0.1) is 6.54 Å². The van der Waals surface area contributed by atoms with Crippen LogP contribution in [0.1, 0.15) is 5.56 Å². The number of nitrogens with one attached hydrogen (secondary N) is 2. The maximum atomic E-state index is 13.1. The number of hydrogen-bond donors (Lipinski definition) is 2. The molecule has 0 spiro atoms. The maximum Gasteiger partial charge on any atom is 0.387 e. The van der Waals surface area contributed by atoms with Crippen LogP contribution in [0.2, 0.25) is 0 Å². The van der Waals surface area contributed by atoms with Crippen molar-refractivity contribution in [2.24, 2.45) is 4.99 Å². The predicted molar refractivity (Wildman–Crippen MR) is 115 cm³/mol. The first kappa shape index (κ1) is 23.7. The topological polar surface area (TPSA) is 73.3 Å². The number of aliphatic imine (C=N–C) groups is 1. The lowest BCUT2D eigenvalue weighted by Crippen LogP contribution is -2.39. The van der Waals surface area contributed by atoms with Gasteiger partial charge in [-0.15, -0.1) is 24.0 Å². The number of fused-ring (bicyclic) bond motifs is 1. The number of ether oxygens (including phenoxy) is 4. The third kappa shape index (κ3) is 6.75. The average molecular weight is 539 g/mol. The van der Waals surface area contributed by atoms with Crippen molar-refractivity contribution in [3.8, 4) is 23.0 Å². The second-order valence-corrected chi connectivity index (χ2v) is 5.85. The molecule has 0 atom stereocenters. The van der Waals surface area contributed by atoms with Gasteiger partial charge in [0.2, 0.25) is 6.79 Å². The smallest absolute Gasteiger partial charge is 0.387 e. The van der Waals surface area contributed by atoms with Crippen LogP contribution < -0.4 is 29.6 Å². The van der Waals surface area contributed by atoms with Gasteiger partial charge in [0, 0.05) is 31.3 Å². The van der Waals surface area contributed by atoms with Crippen LogP contribution in [-0.2, 0) is 6.54 Å². The van der Waals surface area contributed by atoms with Gasteiger partial charge in [-0.1, -0.05) is 6.07 Å². The van der Waals surface area contributed by atoms with Crippen LogP contribution in [0.25, 0.3) is 0 Å². The Balaban J connectivity index is 0.00000320. The predicted octanol–water partition coefficient (Wildman–Crippen LogP) is 3.52. The third-order valence-corrected chi connectivity index (χ3v) is 3.90. The maximum absolute atomic E-state index is 13.1. The Labute approximate surface area is 188 Å². The molecule has 7 nitrogen and oxygen atoms in total. The Morgan fingerprint density at radius 3 is 2.63 bits per heavy atom. The van der Waals surface area contributed by atoms with E-state index in [9.17, 15) is 13.2 Å². The fourth-order valence-corrected chi connectivity index (χ4v) is 2.60. The van der Waals surface area contributed by atoms with Gasteiger partial charge in [-0.3, -0.25) is 4.99 Å². The number of nitrogens with zero attached hydrogens (tertiary/aromatic N) is 1. The lowest BCUT2D eigenvalue weighted by molar-refractivity contribution is -0.0505. The van der Waals surface area contributed by atoms with E-state index in [1.54, 1.807) is 25.2 Å². The average Bonchev–Trinajstić information content (AvgIpc) is 3.14. The molecule has 2 N–H and O–H groups in total. The number of hydrogen-bond acceptors (Lipinski definition) is 5. The first-order valence-electron chi connectivity index (χ1n) is 8.75. The van der Waals surface area contributed by atoms with Gasteiger partial charge in [0.1, 0.15) is 23.9 Å². The van der Waals surface area contributed by atoms with E-state index in [1.165, 1.54) is 18.2 Å². The zero-order valence-electron chi connectivity index (χ0n) is 16.0. The molecule has 3 rings (SSSR count). The SMILES string of the molecule is CN=C(NCCOc1cccc(F)c1)NCc1cc2c(cc1OC(F)F)OCO2.I. The summed E-state index contributed by atoms with van der Waals surface area (Å²) in [4.78, 5) is 4.06. The third-order valence-electron chi connectivity index (χ3n) is 3.90. The van der Waals surface area contributed by atoms with Crippen molar-refractivity contribution in [2.75, 3.05) is 27.0 Å². The van der Waals surface area contributed by atoms with Crippen molar-refractivity contribution < 1.29 is 32.1 Å². The van der Waals surface area contributed by atoms with Crippen LogP contribution in [0.15, 0.2) is 41.4 Å². The highest BCUT2D eigenvalue weighted by atomic mass is 127. The van der Waals surface area contributed by atoms with E-state index in [-0.39, 0.29) is 55.5 Å². The van der Waals surface area contributed by atoms with Gasteiger partial charge in [-0.25, -0.2) is 4.39 Å². The van der Waals surface area contributed by atoms with Gasteiger partial charge >= 0.3 is 6.61 Å². The van der Waals surface area contributed by atoms with Gasteiger partial charge in [-0.05, 0) is 18.2 Å². The van der Waals surface area contributed by atoms with Crippen molar-refractivity contribution in [3.05, 3.63) is 47.8 Å². The summed E-state index contributed by atoms with van der Waals surface area (Å²) in [6, 6.07) is 8.78. The number of rotatable bonds is 8. The molecule has 0 aromatic heterocycles. The Morgan fingerprint density at radius 2 is 1.93 bits per heavy atom. The molecule has 0 saturated heterocycles. The summed E-state index contributed by atoms with van der Waals surface area (Å²) in [5.74, 6) is 1.26. The van der Waals surface area contributed by atoms with Gasteiger partial charge < -0.3 is 29.6 Å². The molecule has 0 fully saturated rings. The Hall–Kier alpha value is -2.57. The highest BCUT2D eigenvalue weighted by molar-refractivity contribution is 14.0. The zero-order valence-corrected chi connectivity index (χ0v) is 18.3. The van der Waals surface area contributed by atoms with E-state index in [0.29, 0.717) is 35.3 Å². The molecular weight excluding hydrogens is 518 g/mol. The molecule has 11 heteroatoms. The van der Waals surface area contributed by atoms with E-state index >= 15 is 0 Å². The van der Waals surface area contributed by atoms with Gasteiger partial charge in [0.15, 0.2) is 17.5 Å². The molecule has 30 heavy (non-hydrogen) atoms. The molecule has 0 unspecified atom stereocenters. The second-order valence-electron chi connectivity index (χ2n) is 5.85. The molecule has 164 valence electrons. The van der Waals surface area contributed by atoms with Crippen molar-refractivity contribution in [1.82, 2.24) is 10.6 Å². The monoisotopic (exact) mass is 539 g/mol. The van der Waals surface area contributed by atoms with Crippen molar-refractivity contribution in [3.63, 3.8) is 0 Å². The summed E-state index contributed by atoms with van der Waals surface area (Å²) in [7, 11) is 1.57. The van der Waals surface area contributed by atoms with Gasteiger partial charge in [0.25, 0.3) is 0 Å². The Kier molecular flexibility index (Phi) is 9.15. The van der Waals surface area contributed by atoms with Crippen LogP contribution in [-0.4, -0.2) is 39.6 Å². The Bertz CT molecular complexity index is 871. The first-order valence-corrected chi connectivity index (χ1v) is 8.75. The number of benzene rings is 2. The molecule has 1 heterocycles. The van der Waals surface area contributed by atoms with Crippen molar-refractivity contribution in [1.29, 1.82) is 0 Å². The molecule has 0 saturated carbocycles. The molecule has 2 aromatic rings. The first-order chi connectivity index (χ1) is 14.0. The molecular formula is C19H21F3IN3O4. The van der Waals surface area contributed by atoms with Crippen LogP contribution in [0.3, 0.4) is 0 Å². The van der Waals surface area contributed by atoms with Crippen LogP contribution in [0.4, 0.5) is 13.2 Å². The summed E-state index contributed by atoms with van der Waals surface area (Å²) in [6.45, 7) is -2.13. The number of guanidine groups is 1. The molecule has 0 aliphatic carbocycles. The summed E-state index contributed by atoms with van der Waals surface area (Å²) in [5.41, 5.74) is 0.452. The Morgan fingerprint density at radius 1 is 1.17 bits per heavy atom. The molecule has 1 aliphatic rings. The van der Waals surface area contributed by atoms with Crippen molar-refractivity contribution in [2.45, 2.75) is 13.2 Å². The minimum atomic E-state index is -2.97. The summed E-state index contributed by atoms with van der Waals surface area (Å²) < 4.78 is 59.0. The largest absolute Gasteiger partial charge is 0.492 e. The summed E-state index contributed by atoms with van der Waals surface area (Å²) in [6.07, 6.45) is 0. The highest BCUT2D eigenvalue weighted by Gasteiger charge is 2.20. The molecule has 0 amide bonds. The fraction of sp³-hybridized carbons (Fsp3) is 0.316. The highest BCUT2D eigenvalue weighted by Crippen LogP contribution is 2.38. The van der Waals surface area contributed by atoms with Gasteiger partial charge in [-0.2, -0.15) is 8.78 Å². The quantitative estimate of drug-likeness (QED) is 0.232. The van der Waals surface area contributed by atoms with E-state index in [0.717, 1.165) is 0 Å². The molecule has 0 bridgehead atoms. The van der Waals surface area contributed by atoms with Crippen LogP contribution in [0, 0.1) is 5.82 Å². The summed E-state index contributed by atoms with van der Waals surface area (Å²) in [5, 5.41) is 6.01. The normalized spacial score (nSPS) is 12.4. The lowest BCUT2D eigenvalue weighted by atomic mass is 10.1. The fourth-order valence-electron chi connectivity index (χ4n) is 2.60. The molecule has 0 radical (unpaired) electrons. The van der Waals surface area contributed by atoms with E-state index in [4.69, 9.17) is 14.2 Å². The van der Waals surface area contributed by atoms with E-state index < -0.39 is 6.61 Å². The van der Waals surface area contributed by atoms with Crippen molar-refractivity contribution >= 4 is 29.9 Å². The minimum Gasteiger partial charge on any atom is -0.492 e. The second kappa shape index (κ2) is 11.6. The van der Waals surface area contributed by atoms with Crippen LogP contribution >= 0.6 is 24.0 Å². The molecule has 2 aromatic carbocycles. The standard InChI is InChI=1S/C19H20F3N3O4.HI/c1-23-19(24-5-6-26-14-4-2-3-13(20)8-14)25-10-12-7-16-17(28-11-27-16)9-15(12)29-18(21)22;/h2-4,7-9,18H,5-6,10-11H2,1H3,(H2,23,24,25);1H. The number of halogens is 4. The minimum absolute atomic E-state index is 0. The molecule has 1 aliphatic heterocycles. The zero-order chi connectivity index (χ0) is 20.6.